The van der Waals surface area contributed by atoms with Crippen LogP contribution in [0.25, 0.3) is 0 Å². The predicted molar refractivity (Wildman–Crippen MR) is 85.6 cm³/mol. The zero-order valence-electron chi connectivity index (χ0n) is 12.4. The van der Waals surface area contributed by atoms with Crippen LogP contribution in [-0.2, 0) is 0 Å². The number of urea groups is 1. The Bertz CT molecular complexity index is 467. The van der Waals surface area contributed by atoms with E-state index >= 15 is 0 Å². The molecule has 110 valence electrons. The van der Waals surface area contributed by atoms with Crippen LogP contribution in [0, 0.1) is 11.8 Å². The molecular formula is C16H23BrN2O. The predicted octanol–water partition coefficient (Wildman–Crippen LogP) is 4.20. The molecule has 0 radical (unpaired) electrons. The zero-order chi connectivity index (χ0) is 14.7. The van der Waals surface area contributed by atoms with E-state index in [1.807, 2.05) is 36.1 Å². The van der Waals surface area contributed by atoms with Crippen molar-refractivity contribution in [1.82, 2.24) is 10.2 Å². The van der Waals surface area contributed by atoms with Crippen LogP contribution in [0.5, 0.6) is 0 Å². The van der Waals surface area contributed by atoms with Gasteiger partial charge in [-0.1, -0.05) is 48.0 Å². The van der Waals surface area contributed by atoms with Crippen LogP contribution in [0.15, 0.2) is 28.7 Å². The number of halogens is 1. The summed E-state index contributed by atoms with van der Waals surface area (Å²) in [6.07, 6.45) is 1.21. The molecule has 3 unspecified atom stereocenters. The maximum absolute atomic E-state index is 12.4. The number of benzene rings is 1. The van der Waals surface area contributed by atoms with E-state index in [0.29, 0.717) is 11.8 Å². The van der Waals surface area contributed by atoms with Gasteiger partial charge >= 0.3 is 6.03 Å². The van der Waals surface area contributed by atoms with Crippen LogP contribution in [0.2, 0.25) is 0 Å². The first kappa shape index (κ1) is 15.4. The molecule has 1 aromatic rings. The molecule has 2 rings (SSSR count). The van der Waals surface area contributed by atoms with Gasteiger partial charge in [-0.15, -0.1) is 0 Å². The third-order valence-corrected chi connectivity index (χ3v) is 4.59. The number of amides is 2. The SMILES string of the molecule is CC1CC(C)CN(C(=O)NC(C)c2ccccc2Br)C1. The lowest BCUT2D eigenvalue weighted by Crippen LogP contribution is -2.48. The second-order valence-corrected chi connectivity index (χ2v) is 6.90. The molecule has 0 bridgehead atoms. The lowest BCUT2D eigenvalue weighted by atomic mass is 9.92. The van der Waals surface area contributed by atoms with Gasteiger partial charge in [-0.25, -0.2) is 4.79 Å². The minimum atomic E-state index is 0.00520. The smallest absolute Gasteiger partial charge is 0.317 e. The molecule has 1 heterocycles. The van der Waals surface area contributed by atoms with E-state index in [4.69, 9.17) is 0 Å². The Labute approximate surface area is 129 Å². The third kappa shape index (κ3) is 3.75. The van der Waals surface area contributed by atoms with Crippen molar-refractivity contribution in [2.45, 2.75) is 33.2 Å². The molecule has 2 amide bonds. The minimum absolute atomic E-state index is 0.00520. The third-order valence-electron chi connectivity index (χ3n) is 3.87. The Morgan fingerprint density at radius 2 is 1.90 bits per heavy atom. The Morgan fingerprint density at radius 1 is 1.30 bits per heavy atom. The number of piperidine rings is 1. The molecule has 20 heavy (non-hydrogen) atoms. The van der Waals surface area contributed by atoms with Gasteiger partial charge in [0.05, 0.1) is 6.04 Å². The van der Waals surface area contributed by atoms with Gasteiger partial charge in [0, 0.05) is 17.6 Å². The molecule has 1 fully saturated rings. The highest BCUT2D eigenvalue weighted by Gasteiger charge is 2.26. The summed E-state index contributed by atoms with van der Waals surface area (Å²) >= 11 is 3.54. The normalized spacial score (nSPS) is 24.3. The average Bonchev–Trinajstić information content (AvgIpc) is 2.37. The topological polar surface area (TPSA) is 32.3 Å². The van der Waals surface area contributed by atoms with E-state index in [2.05, 4.69) is 35.1 Å². The van der Waals surface area contributed by atoms with Crippen molar-refractivity contribution in [3.05, 3.63) is 34.3 Å². The van der Waals surface area contributed by atoms with Crippen molar-refractivity contribution in [2.24, 2.45) is 11.8 Å². The highest BCUT2D eigenvalue weighted by Crippen LogP contribution is 2.24. The molecular weight excluding hydrogens is 316 g/mol. The van der Waals surface area contributed by atoms with Gasteiger partial charge in [0.2, 0.25) is 0 Å². The number of hydrogen-bond donors (Lipinski definition) is 1. The molecule has 0 aromatic heterocycles. The molecule has 0 aliphatic carbocycles. The second-order valence-electron chi connectivity index (χ2n) is 6.04. The Morgan fingerprint density at radius 3 is 2.50 bits per heavy atom. The Balaban J connectivity index is 1.99. The zero-order valence-corrected chi connectivity index (χ0v) is 14.0. The van der Waals surface area contributed by atoms with E-state index in [-0.39, 0.29) is 12.1 Å². The van der Waals surface area contributed by atoms with Gasteiger partial charge < -0.3 is 10.2 Å². The first-order valence-corrected chi connectivity index (χ1v) is 8.06. The largest absolute Gasteiger partial charge is 0.331 e. The van der Waals surface area contributed by atoms with Gasteiger partial charge in [-0.3, -0.25) is 0 Å². The molecule has 1 aromatic carbocycles. The maximum atomic E-state index is 12.4. The quantitative estimate of drug-likeness (QED) is 0.861. The summed E-state index contributed by atoms with van der Waals surface area (Å²) in [6.45, 7) is 8.17. The summed E-state index contributed by atoms with van der Waals surface area (Å²) in [6, 6.07) is 8.07. The molecule has 1 aliphatic heterocycles. The van der Waals surface area contributed by atoms with Crippen LogP contribution in [0.4, 0.5) is 4.79 Å². The standard InChI is InChI=1S/C16H23BrN2O/c1-11-8-12(2)10-19(9-11)16(20)18-13(3)14-6-4-5-7-15(14)17/h4-7,11-13H,8-10H2,1-3H3,(H,18,20). The van der Waals surface area contributed by atoms with E-state index in [9.17, 15) is 4.79 Å². The number of carbonyl (C=O) groups excluding carboxylic acids is 1. The van der Waals surface area contributed by atoms with Crippen molar-refractivity contribution in [1.29, 1.82) is 0 Å². The van der Waals surface area contributed by atoms with E-state index in [1.54, 1.807) is 0 Å². The van der Waals surface area contributed by atoms with E-state index in [0.717, 1.165) is 23.1 Å². The molecule has 3 nitrogen and oxygen atoms in total. The lowest BCUT2D eigenvalue weighted by molar-refractivity contribution is 0.144. The average molecular weight is 339 g/mol. The number of hydrogen-bond acceptors (Lipinski definition) is 1. The molecule has 1 saturated heterocycles. The minimum Gasteiger partial charge on any atom is -0.331 e. The Hall–Kier alpha value is -1.03. The highest BCUT2D eigenvalue weighted by atomic mass is 79.9. The molecule has 1 N–H and O–H groups in total. The van der Waals surface area contributed by atoms with Crippen molar-refractivity contribution in [3.63, 3.8) is 0 Å². The molecule has 4 heteroatoms. The van der Waals surface area contributed by atoms with Crippen LogP contribution in [-0.4, -0.2) is 24.0 Å². The summed E-state index contributed by atoms with van der Waals surface area (Å²) in [7, 11) is 0. The molecule has 3 atom stereocenters. The second kappa shape index (κ2) is 6.61. The number of rotatable bonds is 2. The summed E-state index contributed by atoms with van der Waals surface area (Å²) in [4.78, 5) is 14.3. The summed E-state index contributed by atoms with van der Waals surface area (Å²) in [5, 5.41) is 3.10. The maximum Gasteiger partial charge on any atom is 0.317 e. The van der Waals surface area contributed by atoms with Gasteiger partial charge in [-0.05, 0) is 36.8 Å². The van der Waals surface area contributed by atoms with E-state index in [1.165, 1.54) is 6.42 Å². The van der Waals surface area contributed by atoms with Crippen LogP contribution >= 0.6 is 15.9 Å². The number of nitrogens with zero attached hydrogens (tertiary/aromatic N) is 1. The summed E-state index contributed by atoms with van der Waals surface area (Å²) < 4.78 is 1.04. The van der Waals surface area contributed by atoms with Gasteiger partial charge in [0.1, 0.15) is 0 Å². The monoisotopic (exact) mass is 338 g/mol. The fourth-order valence-electron chi connectivity index (χ4n) is 3.01. The lowest BCUT2D eigenvalue weighted by Gasteiger charge is -2.35. The van der Waals surface area contributed by atoms with Crippen LogP contribution in [0.3, 0.4) is 0 Å². The van der Waals surface area contributed by atoms with Crippen molar-refractivity contribution in [2.75, 3.05) is 13.1 Å². The first-order chi connectivity index (χ1) is 9.47. The molecule has 1 aliphatic rings. The van der Waals surface area contributed by atoms with Gasteiger partial charge in [0.25, 0.3) is 0 Å². The molecule has 0 saturated carbocycles. The van der Waals surface area contributed by atoms with Crippen molar-refractivity contribution >= 4 is 22.0 Å². The fourth-order valence-corrected chi connectivity index (χ4v) is 3.64. The number of nitrogens with one attached hydrogen (secondary N) is 1. The van der Waals surface area contributed by atoms with E-state index < -0.39 is 0 Å². The first-order valence-electron chi connectivity index (χ1n) is 7.27. The van der Waals surface area contributed by atoms with Gasteiger partial charge in [-0.2, -0.15) is 0 Å². The van der Waals surface area contributed by atoms with Crippen molar-refractivity contribution < 1.29 is 4.79 Å². The van der Waals surface area contributed by atoms with Crippen LogP contribution in [0.1, 0.15) is 38.8 Å². The highest BCUT2D eigenvalue weighted by molar-refractivity contribution is 9.10. The van der Waals surface area contributed by atoms with Crippen molar-refractivity contribution in [3.8, 4) is 0 Å². The fraction of sp³-hybridized carbons (Fsp3) is 0.562. The number of carbonyl (C=O) groups is 1. The Kier molecular flexibility index (Phi) is 5.08. The van der Waals surface area contributed by atoms with Gasteiger partial charge in [0.15, 0.2) is 0 Å². The summed E-state index contributed by atoms with van der Waals surface area (Å²) in [5.41, 5.74) is 1.11. The number of likely N-dealkylation sites (tertiary alicyclic amines) is 1. The summed E-state index contributed by atoms with van der Waals surface area (Å²) in [5.74, 6) is 1.17. The van der Waals surface area contributed by atoms with Crippen LogP contribution < -0.4 is 5.32 Å². The molecule has 0 spiro atoms.